The second-order valence-electron chi connectivity index (χ2n) is 4.62. The lowest BCUT2D eigenvalue weighted by Gasteiger charge is -2.16. The fourth-order valence-corrected chi connectivity index (χ4v) is 3.03. The number of benzene rings is 1. The number of aromatic nitrogens is 1. The molecule has 0 bridgehead atoms. The van der Waals surface area contributed by atoms with Gasteiger partial charge in [0.1, 0.15) is 11.6 Å². The topological polar surface area (TPSA) is 28.2 Å². The van der Waals surface area contributed by atoms with E-state index in [-0.39, 0.29) is 0 Å². The van der Waals surface area contributed by atoms with E-state index in [0.29, 0.717) is 18.7 Å². The van der Waals surface area contributed by atoms with Crippen LogP contribution in [0.15, 0.2) is 24.4 Å². The van der Waals surface area contributed by atoms with Crippen molar-refractivity contribution in [3.8, 4) is 0 Å². The number of nitrogens with zero attached hydrogens (tertiary/aromatic N) is 2. The first kappa shape index (κ1) is 15.9. The summed E-state index contributed by atoms with van der Waals surface area (Å²) in [7, 11) is 0. The lowest BCUT2D eigenvalue weighted by molar-refractivity contribution is 0.569. The van der Waals surface area contributed by atoms with E-state index in [1.807, 2.05) is 6.20 Å². The average molecular weight is 311 g/mol. The second kappa shape index (κ2) is 7.47. The Bertz CT molecular complexity index is 582. The number of hydrogen-bond acceptors (Lipinski definition) is 4. The Morgan fingerprint density at radius 3 is 2.67 bits per heavy atom. The Hall–Kier alpha value is -1.53. The van der Waals surface area contributed by atoms with E-state index in [1.54, 1.807) is 11.3 Å². The van der Waals surface area contributed by atoms with Gasteiger partial charge in [-0.25, -0.2) is 13.8 Å². The minimum atomic E-state index is -0.421. The van der Waals surface area contributed by atoms with E-state index < -0.39 is 11.6 Å². The smallest absolute Gasteiger partial charge is 0.185 e. The Morgan fingerprint density at radius 2 is 1.95 bits per heavy atom. The van der Waals surface area contributed by atoms with E-state index in [1.165, 1.54) is 6.07 Å². The summed E-state index contributed by atoms with van der Waals surface area (Å²) in [5.41, 5.74) is 0.337. The molecule has 2 rings (SSSR count). The van der Waals surface area contributed by atoms with Crippen LogP contribution in [-0.4, -0.2) is 18.1 Å². The van der Waals surface area contributed by atoms with Gasteiger partial charge in [-0.05, 0) is 32.0 Å². The SMILES string of the molecule is CCN(CC)c1ncc(CNCc2cc(F)ccc2F)s1. The number of halogens is 2. The lowest BCUT2D eigenvalue weighted by Crippen LogP contribution is -2.21. The molecule has 114 valence electrons. The number of nitrogens with one attached hydrogen (secondary N) is 1. The number of anilines is 1. The third-order valence-corrected chi connectivity index (χ3v) is 4.26. The van der Waals surface area contributed by atoms with E-state index in [9.17, 15) is 8.78 Å². The van der Waals surface area contributed by atoms with Crippen molar-refractivity contribution < 1.29 is 8.78 Å². The van der Waals surface area contributed by atoms with Crippen LogP contribution in [0, 0.1) is 11.6 Å². The van der Waals surface area contributed by atoms with Crippen molar-refractivity contribution in [3.05, 3.63) is 46.5 Å². The molecule has 0 aliphatic rings. The second-order valence-corrected chi connectivity index (χ2v) is 5.71. The lowest BCUT2D eigenvalue weighted by atomic mass is 10.2. The molecular weight excluding hydrogens is 292 g/mol. The largest absolute Gasteiger partial charge is 0.349 e. The summed E-state index contributed by atoms with van der Waals surface area (Å²) in [6, 6.07) is 3.49. The molecule has 0 atom stereocenters. The van der Waals surface area contributed by atoms with Crippen molar-refractivity contribution >= 4 is 16.5 Å². The Morgan fingerprint density at radius 1 is 1.19 bits per heavy atom. The first-order valence-electron chi connectivity index (χ1n) is 6.98. The third kappa shape index (κ3) is 4.22. The molecule has 1 aromatic carbocycles. The molecule has 0 aliphatic carbocycles. The van der Waals surface area contributed by atoms with Gasteiger partial charge in [0.2, 0.25) is 0 Å². The van der Waals surface area contributed by atoms with Crippen molar-refractivity contribution in [2.45, 2.75) is 26.9 Å². The summed E-state index contributed by atoms with van der Waals surface area (Å²) >= 11 is 1.62. The van der Waals surface area contributed by atoms with Crippen molar-refractivity contribution in [1.82, 2.24) is 10.3 Å². The monoisotopic (exact) mass is 311 g/mol. The van der Waals surface area contributed by atoms with Crippen molar-refractivity contribution in [1.29, 1.82) is 0 Å². The molecule has 1 aromatic heterocycles. The van der Waals surface area contributed by atoms with E-state index in [4.69, 9.17) is 0 Å². The van der Waals surface area contributed by atoms with E-state index in [2.05, 4.69) is 29.0 Å². The highest BCUT2D eigenvalue weighted by Gasteiger charge is 2.08. The van der Waals surface area contributed by atoms with Gasteiger partial charge < -0.3 is 10.2 Å². The van der Waals surface area contributed by atoms with Crippen LogP contribution in [-0.2, 0) is 13.1 Å². The number of rotatable bonds is 7. The highest BCUT2D eigenvalue weighted by Crippen LogP contribution is 2.22. The van der Waals surface area contributed by atoms with Crippen LogP contribution in [0.25, 0.3) is 0 Å². The Labute approximate surface area is 127 Å². The van der Waals surface area contributed by atoms with Crippen molar-refractivity contribution in [2.75, 3.05) is 18.0 Å². The molecule has 0 saturated heterocycles. The normalized spacial score (nSPS) is 10.9. The maximum absolute atomic E-state index is 13.5. The molecule has 0 spiro atoms. The van der Waals surface area contributed by atoms with Crippen molar-refractivity contribution in [2.24, 2.45) is 0 Å². The molecule has 0 amide bonds. The van der Waals surface area contributed by atoms with Crippen molar-refractivity contribution in [3.63, 3.8) is 0 Å². The fourth-order valence-electron chi connectivity index (χ4n) is 2.02. The Balaban J connectivity index is 1.90. The van der Waals surface area contributed by atoms with Crippen LogP contribution >= 0.6 is 11.3 Å². The minimum absolute atomic E-state index is 0.294. The standard InChI is InChI=1S/C15H19F2N3S/c1-3-20(4-2)15-19-10-13(21-15)9-18-8-11-7-12(16)5-6-14(11)17/h5-7,10,18H,3-4,8-9H2,1-2H3. The summed E-state index contributed by atoms with van der Waals surface area (Å²) < 4.78 is 26.5. The maximum atomic E-state index is 13.5. The first-order valence-corrected chi connectivity index (χ1v) is 7.80. The van der Waals surface area contributed by atoms with E-state index >= 15 is 0 Å². The van der Waals surface area contributed by atoms with Crippen LogP contribution in [0.4, 0.5) is 13.9 Å². The van der Waals surface area contributed by atoms with Gasteiger partial charge in [0.15, 0.2) is 5.13 Å². The zero-order valence-corrected chi connectivity index (χ0v) is 13.0. The molecule has 21 heavy (non-hydrogen) atoms. The average Bonchev–Trinajstić information content (AvgIpc) is 2.93. The predicted octanol–water partition coefficient (Wildman–Crippen LogP) is 3.56. The van der Waals surface area contributed by atoms with Crippen LogP contribution in [0.3, 0.4) is 0 Å². The fraction of sp³-hybridized carbons (Fsp3) is 0.400. The molecule has 0 fully saturated rings. The Kier molecular flexibility index (Phi) is 5.64. The van der Waals surface area contributed by atoms with Gasteiger partial charge in [-0.3, -0.25) is 0 Å². The maximum Gasteiger partial charge on any atom is 0.185 e. The van der Waals surface area contributed by atoms with Gasteiger partial charge in [0.25, 0.3) is 0 Å². The molecule has 6 heteroatoms. The number of thiazole rings is 1. The molecule has 3 nitrogen and oxygen atoms in total. The predicted molar refractivity (Wildman–Crippen MR) is 82.6 cm³/mol. The molecule has 0 radical (unpaired) electrons. The first-order chi connectivity index (χ1) is 10.1. The highest BCUT2D eigenvalue weighted by molar-refractivity contribution is 7.15. The zero-order valence-electron chi connectivity index (χ0n) is 12.2. The summed E-state index contributed by atoms with van der Waals surface area (Å²) in [6.45, 7) is 6.92. The molecule has 0 unspecified atom stereocenters. The van der Waals surface area contributed by atoms with Gasteiger partial charge >= 0.3 is 0 Å². The zero-order chi connectivity index (χ0) is 15.2. The quantitative estimate of drug-likeness (QED) is 0.847. The molecule has 0 saturated carbocycles. The van der Waals surface area contributed by atoms with Gasteiger partial charge in [-0.15, -0.1) is 11.3 Å². The highest BCUT2D eigenvalue weighted by atomic mass is 32.1. The molecule has 1 heterocycles. The summed E-state index contributed by atoms with van der Waals surface area (Å²) in [5.74, 6) is -0.813. The van der Waals surface area contributed by atoms with Gasteiger partial charge in [0.05, 0.1) is 0 Å². The molecular formula is C15H19F2N3S. The van der Waals surface area contributed by atoms with Gasteiger partial charge in [-0.2, -0.15) is 0 Å². The minimum Gasteiger partial charge on any atom is -0.349 e. The van der Waals surface area contributed by atoms with E-state index in [0.717, 1.165) is 35.2 Å². The van der Waals surface area contributed by atoms with Gasteiger partial charge in [0, 0.05) is 42.8 Å². The van der Waals surface area contributed by atoms with Crippen LogP contribution in [0.2, 0.25) is 0 Å². The number of hydrogen-bond donors (Lipinski definition) is 1. The summed E-state index contributed by atoms with van der Waals surface area (Å²) in [4.78, 5) is 7.64. The summed E-state index contributed by atoms with van der Waals surface area (Å²) in [6.07, 6.45) is 1.83. The summed E-state index contributed by atoms with van der Waals surface area (Å²) in [5, 5.41) is 4.11. The van der Waals surface area contributed by atoms with Gasteiger partial charge in [-0.1, -0.05) is 0 Å². The third-order valence-electron chi connectivity index (χ3n) is 3.20. The molecule has 1 N–H and O–H groups in total. The van der Waals surface area contributed by atoms with Crippen LogP contribution < -0.4 is 10.2 Å². The molecule has 0 aliphatic heterocycles. The van der Waals surface area contributed by atoms with Crippen LogP contribution in [0.1, 0.15) is 24.3 Å². The molecule has 2 aromatic rings. The van der Waals surface area contributed by atoms with Crippen LogP contribution in [0.5, 0.6) is 0 Å².